The van der Waals surface area contributed by atoms with Gasteiger partial charge in [-0.2, -0.15) is 0 Å². The molecule has 0 aliphatic heterocycles. The van der Waals surface area contributed by atoms with Gasteiger partial charge in [0.2, 0.25) is 5.13 Å². The van der Waals surface area contributed by atoms with Crippen LogP contribution in [0.4, 0.5) is 5.13 Å². The summed E-state index contributed by atoms with van der Waals surface area (Å²) >= 11 is 2.97. The Balaban J connectivity index is 1.59. The highest BCUT2D eigenvalue weighted by Crippen LogP contribution is 2.28. The van der Waals surface area contributed by atoms with E-state index in [0.717, 1.165) is 10.1 Å². The fourth-order valence-electron chi connectivity index (χ4n) is 2.10. The van der Waals surface area contributed by atoms with Crippen molar-refractivity contribution >= 4 is 34.1 Å². The highest BCUT2D eigenvalue weighted by molar-refractivity contribution is 8.00. The molecule has 2 aromatic carbocycles. The van der Waals surface area contributed by atoms with Gasteiger partial charge in [0.1, 0.15) is 5.75 Å². The van der Waals surface area contributed by atoms with E-state index in [1.54, 1.807) is 30.0 Å². The Labute approximate surface area is 154 Å². The summed E-state index contributed by atoms with van der Waals surface area (Å²) in [7, 11) is 0. The van der Waals surface area contributed by atoms with Gasteiger partial charge < -0.3 is 4.74 Å². The molecule has 3 rings (SSSR count). The molecule has 0 fully saturated rings. The molecule has 128 valence electrons. The van der Waals surface area contributed by atoms with E-state index in [2.05, 4.69) is 27.6 Å². The number of benzene rings is 2. The fourth-order valence-corrected chi connectivity index (χ4v) is 3.80. The lowest BCUT2D eigenvalue weighted by Gasteiger charge is -2.05. The molecule has 0 unspecified atom stereocenters. The van der Waals surface area contributed by atoms with Crippen molar-refractivity contribution in [1.29, 1.82) is 0 Å². The summed E-state index contributed by atoms with van der Waals surface area (Å²) in [5.74, 6) is 1.27. The summed E-state index contributed by atoms with van der Waals surface area (Å²) in [6.45, 7) is 2.46. The zero-order valence-electron chi connectivity index (χ0n) is 13.6. The highest BCUT2D eigenvalue weighted by atomic mass is 32.2. The van der Waals surface area contributed by atoms with Crippen molar-refractivity contribution < 1.29 is 9.53 Å². The predicted octanol–water partition coefficient (Wildman–Crippen LogP) is 4.48. The molecule has 0 aliphatic rings. The Morgan fingerprint density at radius 1 is 1.16 bits per heavy atom. The van der Waals surface area contributed by atoms with Crippen LogP contribution in [0, 0.1) is 0 Å². The van der Waals surface area contributed by atoms with Crippen molar-refractivity contribution in [3.8, 4) is 5.75 Å². The summed E-state index contributed by atoms with van der Waals surface area (Å²) in [6, 6.07) is 17.2. The van der Waals surface area contributed by atoms with Gasteiger partial charge in [-0.05, 0) is 30.7 Å². The second-order valence-corrected chi connectivity index (χ2v) is 7.26. The van der Waals surface area contributed by atoms with Crippen LogP contribution in [0.5, 0.6) is 5.75 Å². The van der Waals surface area contributed by atoms with Crippen molar-refractivity contribution in [1.82, 2.24) is 10.2 Å². The van der Waals surface area contributed by atoms with Crippen molar-refractivity contribution in [2.75, 3.05) is 11.9 Å². The summed E-state index contributed by atoms with van der Waals surface area (Å²) < 4.78 is 6.24. The van der Waals surface area contributed by atoms with Gasteiger partial charge in [0, 0.05) is 11.3 Å². The number of thioether (sulfide) groups is 1. The van der Waals surface area contributed by atoms with Gasteiger partial charge in [0.15, 0.2) is 4.34 Å². The molecule has 1 N–H and O–H groups in total. The third-order valence-corrected chi connectivity index (χ3v) is 5.28. The standard InChI is InChI=1S/C18H17N3O2S2/c1-2-23-15-10-6-9-14(11-15)16(22)19-17-20-21-18(25-17)24-12-13-7-4-3-5-8-13/h3-11H,2,12H2,1H3,(H,19,20,22). The molecule has 0 radical (unpaired) electrons. The SMILES string of the molecule is CCOc1cccc(C(=O)Nc2nnc(SCc3ccccc3)s2)c1. The molecule has 0 saturated heterocycles. The molecule has 0 atom stereocenters. The first-order valence-electron chi connectivity index (χ1n) is 7.79. The number of rotatable bonds is 7. The van der Waals surface area contributed by atoms with Gasteiger partial charge in [0.25, 0.3) is 5.91 Å². The van der Waals surface area contributed by atoms with Crippen molar-refractivity contribution in [3.63, 3.8) is 0 Å². The van der Waals surface area contributed by atoms with Gasteiger partial charge in [-0.15, -0.1) is 10.2 Å². The number of hydrogen-bond acceptors (Lipinski definition) is 6. The molecule has 7 heteroatoms. The molecule has 5 nitrogen and oxygen atoms in total. The number of carbonyl (C=O) groups excluding carboxylic acids is 1. The summed E-state index contributed by atoms with van der Waals surface area (Å²) in [5.41, 5.74) is 1.75. The van der Waals surface area contributed by atoms with E-state index in [4.69, 9.17) is 4.74 Å². The normalized spacial score (nSPS) is 10.4. The van der Waals surface area contributed by atoms with E-state index in [0.29, 0.717) is 23.1 Å². The molecule has 1 heterocycles. The Hall–Kier alpha value is -2.38. The first-order chi connectivity index (χ1) is 12.2. The lowest BCUT2D eigenvalue weighted by molar-refractivity contribution is 0.102. The van der Waals surface area contributed by atoms with Crippen LogP contribution in [0.3, 0.4) is 0 Å². The largest absolute Gasteiger partial charge is 0.494 e. The minimum atomic E-state index is -0.225. The number of anilines is 1. The summed E-state index contributed by atoms with van der Waals surface area (Å²) in [5, 5.41) is 11.4. The number of nitrogens with one attached hydrogen (secondary N) is 1. The maximum atomic E-state index is 12.3. The van der Waals surface area contributed by atoms with Gasteiger partial charge in [0.05, 0.1) is 6.61 Å². The second-order valence-electron chi connectivity index (χ2n) is 5.06. The van der Waals surface area contributed by atoms with Crippen LogP contribution in [0.1, 0.15) is 22.8 Å². The topological polar surface area (TPSA) is 64.1 Å². The van der Waals surface area contributed by atoms with Gasteiger partial charge in [-0.1, -0.05) is 59.5 Å². The number of amides is 1. The van der Waals surface area contributed by atoms with E-state index in [9.17, 15) is 4.79 Å². The van der Waals surface area contributed by atoms with E-state index < -0.39 is 0 Å². The third kappa shape index (κ3) is 5.04. The van der Waals surface area contributed by atoms with Crippen LogP contribution in [0.15, 0.2) is 58.9 Å². The highest BCUT2D eigenvalue weighted by Gasteiger charge is 2.11. The molecule has 1 amide bonds. The first-order valence-corrected chi connectivity index (χ1v) is 9.59. The van der Waals surface area contributed by atoms with Gasteiger partial charge in [-0.3, -0.25) is 10.1 Å². The Morgan fingerprint density at radius 3 is 2.80 bits per heavy atom. The van der Waals surface area contributed by atoms with E-state index >= 15 is 0 Å². The average molecular weight is 371 g/mol. The van der Waals surface area contributed by atoms with Gasteiger partial charge in [-0.25, -0.2) is 0 Å². The Morgan fingerprint density at radius 2 is 2.00 bits per heavy atom. The zero-order valence-corrected chi connectivity index (χ0v) is 15.3. The van der Waals surface area contributed by atoms with Crippen molar-refractivity contribution in [2.24, 2.45) is 0 Å². The maximum Gasteiger partial charge on any atom is 0.257 e. The lowest BCUT2D eigenvalue weighted by atomic mass is 10.2. The quantitative estimate of drug-likeness (QED) is 0.490. The minimum absolute atomic E-state index is 0.225. The van der Waals surface area contributed by atoms with E-state index in [-0.39, 0.29) is 5.91 Å². The van der Waals surface area contributed by atoms with Crippen LogP contribution < -0.4 is 10.1 Å². The molecule has 0 spiro atoms. The van der Waals surface area contributed by atoms with Crippen molar-refractivity contribution in [2.45, 2.75) is 17.0 Å². The summed E-state index contributed by atoms with van der Waals surface area (Å²) in [6.07, 6.45) is 0. The van der Waals surface area contributed by atoms with E-state index in [1.807, 2.05) is 31.2 Å². The minimum Gasteiger partial charge on any atom is -0.494 e. The van der Waals surface area contributed by atoms with Gasteiger partial charge >= 0.3 is 0 Å². The number of nitrogens with zero attached hydrogens (tertiary/aromatic N) is 2. The smallest absolute Gasteiger partial charge is 0.257 e. The molecular weight excluding hydrogens is 354 g/mol. The molecule has 0 aliphatic carbocycles. The number of aromatic nitrogens is 2. The maximum absolute atomic E-state index is 12.3. The van der Waals surface area contributed by atoms with Crippen LogP contribution in [0.2, 0.25) is 0 Å². The number of ether oxygens (including phenoxy) is 1. The lowest BCUT2D eigenvalue weighted by Crippen LogP contribution is -2.11. The van der Waals surface area contributed by atoms with Crippen LogP contribution in [0.25, 0.3) is 0 Å². The number of carbonyl (C=O) groups is 1. The number of hydrogen-bond donors (Lipinski definition) is 1. The summed E-state index contributed by atoms with van der Waals surface area (Å²) in [4.78, 5) is 12.3. The van der Waals surface area contributed by atoms with Crippen LogP contribution in [-0.4, -0.2) is 22.7 Å². The fraction of sp³-hybridized carbons (Fsp3) is 0.167. The molecular formula is C18H17N3O2S2. The zero-order chi connectivity index (χ0) is 17.5. The Bertz CT molecular complexity index is 837. The first kappa shape index (κ1) is 17.4. The predicted molar refractivity (Wildman–Crippen MR) is 101 cm³/mol. The monoisotopic (exact) mass is 371 g/mol. The van der Waals surface area contributed by atoms with Crippen molar-refractivity contribution in [3.05, 3.63) is 65.7 Å². The average Bonchev–Trinajstić information content (AvgIpc) is 3.09. The van der Waals surface area contributed by atoms with Crippen LogP contribution >= 0.6 is 23.1 Å². The molecule has 1 aromatic heterocycles. The Kier molecular flexibility index (Phi) is 6.03. The third-order valence-electron chi connectivity index (χ3n) is 3.24. The van der Waals surface area contributed by atoms with E-state index in [1.165, 1.54) is 16.9 Å². The molecule has 0 bridgehead atoms. The van der Waals surface area contributed by atoms with Crippen LogP contribution in [-0.2, 0) is 5.75 Å². The second kappa shape index (κ2) is 8.64. The molecule has 0 saturated carbocycles. The molecule has 25 heavy (non-hydrogen) atoms. The molecule has 3 aromatic rings.